The van der Waals surface area contributed by atoms with Gasteiger partial charge in [-0.05, 0) is 23.8 Å². The third kappa shape index (κ3) is 2.62. The molecule has 0 saturated heterocycles. The zero-order chi connectivity index (χ0) is 11.5. The van der Waals surface area contributed by atoms with E-state index in [0.717, 1.165) is 11.3 Å². The van der Waals surface area contributed by atoms with Gasteiger partial charge in [-0.3, -0.25) is 4.68 Å². The van der Waals surface area contributed by atoms with Gasteiger partial charge in [0.05, 0.1) is 11.8 Å². The molecule has 4 heteroatoms. The fourth-order valence-electron chi connectivity index (χ4n) is 1.60. The predicted octanol–water partition coefficient (Wildman–Crippen LogP) is 2.35. The maximum Gasteiger partial charge on any atom is 0.0846 e. The molecule has 0 spiro atoms. The number of hydrogen-bond acceptors (Lipinski definition) is 2. The fraction of sp³-hybridized carbons (Fsp3) is 0.250. The number of halogens is 1. The maximum absolute atomic E-state index is 10.00. The summed E-state index contributed by atoms with van der Waals surface area (Å²) in [6, 6.07) is 9.15. The van der Waals surface area contributed by atoms with Crippen molar-refractivity contribution < 1.29 is 5.11 Å². The predicted molar refractivity (Wildman–Crippen MR) is 63.3 cm³/mol. The van der Waals surface area contributed by atoms with Gasteiger partial charge >= 0.3 is 0 Å². The molecule has 0 aliphatic carbocycles. The van der Waals surface area contributed by atoms with Gasteiger partial charge in [0.2, 0.25) is 0 Å². The molecule has 2 rings (SSSR count). The molecular formula is C12H13ClN2O. The van der Waals surface area contributed by atoms with Crippen LogP contribution in [0.25, 0.3) is 0 Å². The third-order valence-electron chi connectivity index (χ3n) is 2.40. The summed E-state index contributed by atoms with van der Waals surface area (Å²) in [4.78, 5) is 0. The summed E-state index contributed by atoms with van der Waals surface area (Å²) in [6.45, 7) is 0. The monoisotopic (exact) mass is 236 g/mol. The highest BCUT2D eigenvalue weighted by atomic mass is 35.5. The van der Waals surface area contributed by atoms with Crippen LogP contribution in [0.3, 0.4) is 0 Å². The van der Waals surface area contributed by atoms with Crippen LogP contribution in [0.1, 0.15) is 17.4 Å². The number of hydrogen-bond donors (Lipinski definition) is 1. The maximum atomic E-state index is 10.00. The number of aliphatic hydroxyl groups is 1. The standard InChI is InChI=1S/C12H13ClN2O/c1-15-6-5-11(14-15)8-12(16)9-3-2-4-10(13)7-9/h2-7,12,16H,8H2,1H3. The molecule has 1 heterocycles. The molecule has 0 aliphatic heterocycles. The normalized spacial score (nSPS) is 12.7. The van der Waals surface area contributed by atoms with Crippen LogP contribution in [-0.2, 0) is 13.5 Å². The van der Waals surface area contributed by atoms with E-state index in [1.165, 1.54) is 0 Å². The number of aryl methyl sites for hydroxylation is 1. The molecule has 2 aromatic rings. The highest BCUT2D eigenvalue weighted by molar-refractivity contribution is 6.30. The Morgan fingerprint density at radius 1 is 1.44 bits per heavy atom. The highest BCUT2D eigenvalue weighted by Gasteiger charge is 2.10. The lowest BCUT2D eigenvalue weighted by Crippen LogP contribution is -2.02. The zero-order valence-corrected chi connectivity index (χ0v) is 9.72. The lowest BCUT2D eigenvalue weighted by atomic mass is 10.1. The molecule has 3 nitrogen and oxygen atoms in total. The quantitative estimate of drug-likeness (QED) is 0.889. The zero-order valence-electron chi connectivity index (χ0n) is 8.97. The third-order valence-corrected chi connectivity index (χ3v) is 2.64. The first-order valence-electron chi connectivity index (χ1n) is 5.07. The Morgan fingerprint density at radius 3 is 2.88 bits per heavy atom. The second kappa shape index (κ2) is 4.68. The van der Waals surface area contributed by atoms with E-state index >= 15 is 0 Å². The molecule has 0 saturated carbocycles. The lowest BCUT2D eigenvalue weighted by molar-refractivity contribution is 0.177. The Balaban J connectivity index is 2.11. The van der Waals surface area contributed by atoms with Crippen LogP contribution in [-0.4, -0.2) is 14.9 Å². The summed E-state index contributed by atoms with van der Waals surface area (Å²) >= 11 is 5.87. The number of benzene rings is 1. The Labute approximate surface area is 99.3 Å². The summed E-state index contributed by atoms with van der Waals surface area (Å²) < 4.78 is 1.72. The van der Waals surface area contributed by atoms with Gasteiger partial charge in [0, 0.05) is 24.7 Å². The molecule has 84 valence electrons. The Bertz CT molecular complexity index is 481. The van der Waals surface area contributed by atoms with Gasteiger partial charge in [-0.15, -0.1) is 0 Å². The summed E-state index contributed by atoms with van der Waals surface area (Å²) in [5.74, 6) is 0. The molecule has 0 radical (unpaired) electrons. The van der Waals surface area contributed by atoms with Crippen molar-refractivity contribution in [1.82, 2.24) is 9.78 Å². The van der Waals surface area contributed by atoms with Gasteiger partial charge in [0.25, 0.3) is 0 Å². The van der Waals surface area contributed by atoms with Crippen LogP contribution in [0.15, 0.2) is 36.5 Å². The Morgan fingerprint density at radius 2 is 2.25 bits per heavy atom. The lowest BCUT2D eigenvalue weighted by Gasteiger charge is -2.09. The minimum atomic E-state index is -0.561. The summed E-state index contributed by atoms with van der Waals surface area (Å²) in [7, 11) is 1.86. The highest BCUT2D eigenvalue weighted by Crippen LogP contribution is 2.20. The summed E-state index contributed by atoms with van der Waals surface area (Å²) in [6.07, 6.45) is 1.80. The summed E-state index contributed by atoms with van der Waals surface area (Å²) in [5.41, 5.74) is 1.69. The van der Waals surface area contributed by atoms with Crippen LogP contribution in [0, 0.1) is 0 Å². The van der Waals surface area contributed by atoms with Crippen molar-refractivity contribution in [3.05, 3.63) is 52.8 Å². The van der Waals surface area contributed by atoms with Crippen molar-refractivity contribution in [3.63, 3.8) is 0 Å². The second-order valence-electron chi connectivity index (χ2n) is 3.76. The molecule has 1 unspecified atom stereocenters. The van der Waals surface area contributed by atoms with Crippen molar-refractivity contribution in [1.29, 1.82) is 0 Å². The fourth-order valence-corrected chi connectivity index (χ4v) is 1.80. The van der Waals surface area contributed by atoms with E-state index in [1.807, 2.05) is 31.4 Å². The average molecular weight is 237 g/mol. The SMILES string of the molecule is Cn1ccc(CC(O)c2cccc(Cl)c2)n1. The Kier molecular flexibility index (Phi) is 3.27. The summed E-state index contributed by atoms with van der Waals surface area (Å²) in [5, 5.41) is 14.9. The van der Waals surface area contributed by atoms with E-state index < -0.39 is 6.10 Å². The average Bonchev–Trinajstić information content (AvgIpc) is 2.64. The molecule has 0 bridgehead atoms. The largest absolute Gasteiger partial charge is 0.388 e. The molecule has 1 aromatic carbocycles. The van der Waals surface area contributed by atoms with Gasteiger partial charge in [-0.1, -0.05) is 23.7 Å². The second-order valence-corrected chi connectivity index (χ2v) is 4.19. The molecule has 16 heavy (non-hydrogen) atoms. The van der Waals surface area contributed by atoms with E-state index in [1.54, 1.807) is 16.8 Å². The first kappa shape index (κ1) is 11.2. The number of aliphatic hydroxyl groups excluding tert-OH is 1. The molecule has 0 fully saturated rings. The molecule has 1 atom stereocenters. The van der Waals surface area contributed by atoms with Gasteiger partial charge in [0.15, 0.2) is 0 Å². The molecule has 0 aliphatic rings. The van der Waals surface area contributed by atoms with Crippen molar-refractivity contribution in [2.24, 2.45) is 7.05 Å². The molecule has 0 amide bonds. The number of rotatable bonds is 3. The van der Waals surface area contributed by atoms with Crippen LogP contribution in [0.5, 0.6) is 0 Å². The van der Waals surface area contributed by atoms with E-state index in [-0.39, 0.29) is 0 Å². The molecule has 1 N–H and O–H groups in total. The van der Waals surface area contributed by atoms with Crippen molar-refractivity contribution in [3.8, 4) is 0 Å². The van der Waals surface area contributed by atoms with E-state index in [9.17, 15) is 5.11 Å². The minimum absolute atomic E-state index is 0.501. The van der Waals surface area contributed by atoms with Gasteiger partial charge in [-0.25, -0.2) is 0 Å². The van der Waals surface area contributed by atoms with E-state index in [0.29, 0.717) is 11.4 Å². The van der Waals surface area contributed by atoms with Crippen molar-refractivity contribution >= 4 is 11.6 Å². The van der Waals surface area contributed by atoms with Crippen LogP contribution < -0.4 is 0 Å². The van der Waals surface area contributed by atoms with E-state index in [2.05, 4.69) is 5.10 Å². The number of aromatic nitrogens is 2. The molecular weight excluding hydrogens is 224 g/mol. The van der Waals surface area contributed by atoms with Crippen LogP contribution in [0.4, 0.5) is 0 Å². The topological polar surface area (TPSA) is 38.0 Å². The first-order valence-corrected chi connectivity index (χ1v) is 5.45. The van der Waals surface area contributed by atoms with Crippen LogP contribution >= 0.6 is 11.6 Å². The smallest absolute Gasteiger partial charge is 0.0846 e. The number of nitrogens with zero attached hydrogens (tertiary/aromatic N) is 2. The minimum Gasteiger partial charge on any atom is -0.388 e. The van der Waals surface area contributed by atoms with Crippen molar-refractivity contribution in [2.45, 2.75) is 12.5 Å². The Hall–Kier alpha value is -1.32. The van der Waals surface area contributed by atoms with Gasteiger partial charge in [-0.2, -0.15) is 5.10 Å². The van der Waals surface area contributed by atoms with Gasteiger partial charge < -0.3 is 5.11 Å². The van der Waals surface area contributed by atoms with Crippen LogP contribution in [0.2, 0.25) is 5.02 Å². The van der Waals surface area contributed by atoms with Crippen molar-refractivity contribution in [2.75, 3.05) is 0 Å². The first-order chi connectivity index (χ1) is 7.65. The van der Waals surface area contributed by atoms with E-state index in [4.69, 9.17) is 11.6 Å². The van der Waals surface area contributed by atoms with Gasteiger partial charge in [0.1, 0.15) is 0 Å². The molecule has 1 aromatic heterocycles.